The standard InChI is InChI=1S/C12H10ClN3O/c13-12-9(7-17)11(8-4-5-8)15-16(12)10-3-1-2-6-14-10/h1-3,6-8H,4-5H2. The summed E-state index contributed by atoms with van der Waals surface area (Å²) in [6.07, 6.45) is 4.61. The monoisotopic (exact) mass is 247 g/mol. The van der Waals surface area contributed by atoms with Crippen molar-refractivity contribution in [2.24, 2.45) is 0 Å². The van der Waals surface area contributed by atoms with Gasteiger partial charge in [-0.2, -0.15) is 5.10 Å². The van der Waals surface area contributed by atoms with Gasteiger partial charge in [-0.1, -0.05) is 17.7 Å². The minimum absolute atomic E-state index is 0.348. The second-order valence-corrected chi connectivity index (χ2v) is 4.44. The Morgan fingerprint density at radius 3 is 2.82 bits per heavy atom. The summed E-state index contributed by atoms with van der Waals surface area (Å²) in [6, 6.07) is 5.49. The average Bonchev–Trinajstić information content (AvgIpc) is 3.15. The Morgan fingerprint density at radius 2 is 2.24 bits per heavy atom. The predicted molar refractivity (Wildman–Crippen MR) is 63.7 cm³/mol. The molecule has 2 heterocycles. The molecule has 0 bridgehead atoms. The predicted octanol–water partition coefficient (Wildman–Crippen LogP) is 2.61. The highest BCUT2D eigenvalue weighted by Crippen LogP contribution is 2.42. The number of carbonyl (C=O) groups excluding carboxylic acids is 1. The second kappa shape index (κ2) is 3.96. The molecule has 1 aliphatic rings. The van der Waals surface area contributed by atoms with Crippen LogP contribution in [-0.2, 0) is 0 Å². The fourth-order valence-electron chi connectivity index (χ4n) is 1.82. The zero-order valence-corrected chi connectivity index (χ0v) is 9.76. The Kier molecular flexibility index (Phi) is 2.44. The average molecular weight is 248 g/mol. The fourth-order valence-corrected chi connectivity index (χ4v) is 2.09. The largest absolute Gasteiger partial charge is 0.298 e. The number of aromatic nitrogens is 3. The Morgan fingerprint density at radius 1 is 1.41 bits per heavy atom. The molecular formula is C12H10ClN3O. The van der Waals surface area contributed by atoms with E-state index in [-0.39, 0.29) is 0 Å². The summed E-state index contributed by atoms with van der Waals surface area (Å²) in [6.45, 7) is 0. The van der Waals surface area contributed by atoms with Gasteiger partial charge in [-0.25, -0.2) is 9.67 Å². The molecule has 0 atom stereocenters. The van der Waals surface area contributed by atoms with Crippen molar-refractivity contribution >= 4 is 17.9 Å². The van der Waals surface area contributed by atoms with E-state index in [0.717, 1.165) is 24.8 Å². The van der Waals surface area contributed by atoms with Gasteiger partial charge in [-0.05, 0) is 25.0 Å². The molecule has 0 aromatic carbocycles. The summed E-state index contributed by atoms with van der Waals surface area (Å²) in [5.74, 6) is 1.02. The highest BCUT2D eigenvalue weighted by atomic mass is 35.5. The van der Waals surface area contributed by atoms with Crippen molar-refractivity contribution in [2.45, 2.75) is 18.8 Å². The number of carbonyl (C=O) groups is 1. The number of halogens is 1. The molecule has 5 heteroatoms. The molecule has 0 amide bonds. The number of pyridine rings is 1. The van der Waals surface area contributed by atoms with Crippen molar-refractivity contribution in [2.75, 3.05) is 0 Å². The summed E-state index contributed by atoms with van der Waals surface area (Å²) in [5.41, 5.74) is 1.30. The lowest BCUT2D eigenvalue weighted by molar-refractivity contribution is 0.112. The molecule has 0 radical (unpaired) electrons. The van der Waals surface area contributed by atoms with E-state index >= 15 is 0 Å². The zero-order valence-electron chi connectivity index (χ0n) is 9.01. The zero-order chi connectivity index (χ0) is 11.8. The molecule has 0 spiro atoms. The van der Waals surface area contributed by atoms with E-state index < -0.39 is 0 Å². The van der Waals surface area contributed by atoms with E-state index in [4.69, 9.17) is 11.6 Å². The van der Waals surface area contributed by atoms with Crippen LogP contribution in [0.3, 0.4) is 0 Å². The summed E-state index contributed by atoms with van der Waals surface area (Å²) in [4.78, 5) is 15.2. The molecule has 86 valence electrons. The van der Waals surface area contributed by atoms with Gasteiger partial charge < -0.3 is 0 Å². The van der Waals surface area contributed by atoms with Crippen LogP contribution in [0.15, 0.2) is 24.4 Å². The first kappa shape index (κ1) is 10.5. The van der Waals surface area contributed by atoms with Gasteiger partial charge in [-0.15, -0.1) is 0 Å². The Balaban J connectivity index is 2.14. The van der Waals surface area contributed by atoms with Crippen LogP contribution in [0.2, 0.25) is 5.15 Å². The minimum Gasteiger partial charge on any atom is -0.298 e. The lowest BCUT2D eigenvalue weighted by Gasteiger charge is -2.00. The van der Waals surface area contributed by atoms with Gasteiger partial charge >= 0.3 is 0 Å². The SMILES string of the molecule is O=Cc1c(C2CC2)nn(-c2ccccn2)c1Cl. The molecule has 17 heavy (non-hydrogen) atoms. The topological polar surface area (TPSA) is 47.8 Å². The van der Waals surface area contributed by atoms with Gasteiger partial charge in [-0.3, -0.25) is 4.79 Å². The van der Waals surface area contributed by atoms with Crippen LogP contribution < -0.4 is 0 Å². The smallest absolute Gasteiger partial charge is 0.155 e. The van der Waals surface area contributed by atoms with Crippen LogP contribution in [0.4, 0.5) is 0 Å². The maximum atomic E-state index is 11.1. The fraction of sp³-hybridized carbons (Fsp3) is 0.250. The van der Waals surface area contributed by atoms with Crippen molar-refractivity contribution in [1.82, 2.24) is 14.8 Å². The Bertz CT molecular complexity index is 561. The van der Waals surface area contributed by atoms with Crippen LogP contribution in [0.1, 0.15) is 34.8 Å². The summed E-state index contributed by atoms with van der Waals surface area (Å²) in [5, 5.41) is 4.75. The molecule has 0 N–H and O–H groups in total. The number of hydrogen-bond acceptors (Lipinski definition) is 3. The van der Waals surface area contributed by atoms with Crippen molar-refractivity contribution in [3.63, 3.8) is 0 Å². The second-order valence-electron chi connectivity index (χ2n) is 4.08. The van der Waals surface area contributed by atoms with Crippen LogP contribution in [-0.4, -0.2) is 21.1 Å². The lowest BCUT2D eigenvalue weighted by Crippen LogP contribution is -1.99. The first-order chi connectivity index (χ1) is 8.31. The quantitative estimate of drug-likeness (QED) is 0.784. The third-order valence-electron chi connectivity index (χ3n) is 2.84. The van der Waals surface area contributed by atoms with Crippen molar-refractivity contribution in [3.05, 3.63) is 40.8 Å². The van der Waals surface area contributed by atoms with E-state index in [9.17, 15) is 4.79 Å². The minimum atomic E-state index is 0.348. The maximum absolute atomic E-state index is 11.1. The molecule has 1 aliphatic carbocycles. The third kappa shape index (κ3) is 1.74. The van der Waals surface area contributed by atoms with Gasteiger partial charge in [0.1, 0.15) is 5.15 Å². The van der Waals surface area contributed by atoms with Crippen molar-refractivity contribution in [1.29, 1.82) is 0 Å². The van der Waals surface area contributed by atoms with Gasteiger partial charge in [0.2, 0.25) is 0 Å². The molecule has 3 rings (SSSR count). The lowest BCUT2D eigenvalue weighted by atomic mass is 10.2. The number of rotatable bonds is 3. The van der Waals surface area contributed by atoms with Gasteiger partial charge in [0.05, 0.1) is 11.3 Å². The summed E-state index contributed by atoms with van der Waals surface area (Å²) < 4.78 is 1.53. The van der Waals surface area contributed by atoms with Crippen LogP contribution >= 0.6 is 11.6 Å². The molecule has 2 aromatic heterocycles. The number of nitrogens with zero attached hydrogens (tertiary/aromatic N) is 3. The number of hydrogen-bond donors (Lipinski definition) is 0. The summed E-state index contributed by atoms with van der Waals surface area (Å²) in [7, 11) is 0. The Hall–Kier alpha value is -1.68. The van der Waals surface area contributed by atoms with E-state index in [1.807, 2.05) is 18.2 Å². The molecule has 1 fully saturated rings. The highest BCUT2D eigenvalue weighted by molar-refractivity contribution is 6.32. The van der Waals surface area contributed by atoms with E-state index in [1.165, 1.54) is 4.68 Å². The normalized spacial score (nSPS) is 14.9. The van der Waals surface area contributed by atoms with Crippen molar-refractivity contribution in [3.8, 4) is 5.82 Å². The van der Waals surface area contributed by atoms with E-state index in [2.05, 4.69) is 10.1 Å². The highest BCUT2D eigenvalue weighted by Gasteiger charge is 2.31. The first-order valence-corrected chi connectivity index (χ1v) is 5.84. The molecule has 2 aromatic rings. The number of aldehydes is 1. The molecule has 0 unspecified atom stereocenters. The van der Waals surface area contributed by atoms with Gasteiger partial charge in [0.15, 0.2) is 12.1 Å². The molecule has 4 nitrogen and oxygen atoms in total. The first-order valence-electron chi connectivity index (χ1n) is 5.46. The Labute approximate surface area is 103 Å². The van der Waals surface area contributed by atoms with Gasteiger partial charge in [0, 0.05) is 12.1 Å². The van der Waals surface area contributed by atoms with E-state index in [1.54, 1.807) is 6.20 Å². The molecule has 0 aliphatic heterocycles. The molecule has 0 saturated heterocycles. The van der Waals surface area contributed by atoms with Crippen molar-refractivity contribution < 1.29 is 4.79 Å². The summed E-state index contributed by atoms with van der Waals surface area (Å²) >= 11 is 6.17. The van der Waals surface area contributed by atoms with Crippen LogP contribution in [0.5, 0.6) is 0 Å². The third-order valence-corrected chi connectivity index (χ3v) is 3.20. The maximum Gasteiger partial charge on any atom is 0.155 e. The van der Waals surface area contributed by atoms with E-state index in [0.29, 0.717) is 22.5 Å². The van der Waals surface area contributed by atoms with Crippen LogP contribution in [0, 0.1) is 0 Å². The van der Waals surface area contributed by atoms with Gasteiger partial charge in [0.25, 0.3) is 0 Å². The van der Waals surface area contributed by atoms with Crippen LogP contribution in [0.25, 0.3) is 5.82 Å². The molecule has 1 saturated carbocycles. The molecular weight excluding hydrogens is 238 g/mol.